The van der Waals surface area contributed by atoms with Crippen molar-refractivity contribution >= 4 is 34.1 Å². The van der Waals surface area contributed by atoms with Crippen LogP contribution in [0.4, 0.5) is 28.0 Å². The highest BCUT2D eigenvalue weighted by Gasteiger charge is 2.27. The molecule has 33 heavy (non-hydrogen) atoms. The number of fused-ring (bicyclic) bond motifs is 1. The van der Waals surface area contributed by atoms with Gasteiger partial charge < -0.3 is 20.5 Å². The third-order valence-electron chi connectivity index (χ3n) is 5.05. The molecule has 0 saturated carbocycles. The number of hydrogen-bond donors (Lipinski definition) is 3. The number of anilines is 1. The van der Waals surface area contributed by atoms with Gasteiger partial charge in [0.15, 0.2) is 0 Å². The Hall–Kier alpha value is -3.11. The van der Waals surface area contributed by atoms with Crippen LogP contribution in [-0.4, -0.2) is 41.7 Å². The van der Waals surface area contributed by atoms with Crippen LogP contribution in [0, 0.1) is 5.82 Å². The van der Waals surface area contributed by atoms with Crippen molar-refractivity contribution in [2.45, 2.75) is 19.1 Å². The van der Waals surface area contributed by atoms with Gasteiger partial charge in [0.25, 0.3) is 5.56 Å². The molecule has 0 aliphatic carbocycles. The smallest absolute Gasteiger partial charge is 0.328 e. The maximum Gasteiger partial charge on any atom is 0.401 e. The van der Waals surface area contributed by atoms with Crippen LogP contribution in [0.25, 0.3) is 10.8 Å². The van der Waals surface area contributed by atoms with Crippen molar-refractivity contribution in [2.24, 2.45) is 0 Å². The fraction of sp³-hybridized carbons (Fsp3) is 0.273. The van der Waals surface area contributed by atoms with Gasteiger partial charge in [-0.1, -0.05) is 29.8 Å². The van der Waals surface area contributed by atoms with E-state index < -0.39 is 30.6 Å². The van der Waals surface area contributed by atoms with E-state index in [-0.39, 0.29) is 29.4 Å². The van der Waals surface area contributed by atoms with Crippen LogP contribution in [0.3, 0.4) is 0 Å². The number of carbonyl (C=O) groups excluding carboxylic acids is 1. The molecule has 3 aromatic rings. The van der Waals surface area contributed by atoms with Gasteiger partial charge in [-0.15, -0.1) is 0 Å². The average Bonchev–Trinajstić information content (AvgIpc) is 2.75. The zero-order chi connectivity index (χ0) is 24.2. The SMILES string of the molecule is C[C@H](c1c[nH]c(=O)c2ccccc12)N(CCNCC(F)(F)F)C(=O)Nc1ccc(F)c(Cl)c1. The Morgan fingerprint density at radius 2 is 1.88 bits per heavy atom. The summed E-state index contributed by atoms with van der Waals surface area (Å²) in [6, 6.07) is 9.20. The Labute approximate surface area is 191 Å². The Balaban J connectivity index is 1.89. The van der Waals surface area contributed by atoms with Crippen LogP contribution in [0.1, 0.15) is 18.5 Å². The molecule has 1 atom stereocenters. The number of nitrogens with one attached hydrogen (secondary N) is 3. The molecule has 6 nitrogen and oxygen atoms in total. The topological polar surface area (TPSA) is 77.2 Å². The van der Waals surface area contributed by atoms with Crippen LogP contribution in [-0.2, 0) is 0 Å². The number of rotatable bonds is 7. The first-order valence-electron chi connectivity index (χ1n) is 9.97. The normalized spacial score (nSPS) is 12.5. The molecule has 0 bridgehead atoms. The van der Waals surface area contributed by atoms with E-state index in [9.17, 15) is 27.2 Å². The molecule has 0 aliphatic heterocycles. The number of halogens is 5. The molecular formula is C22H21ClF4N4O2. The summed E-state index contributed by atoms with van der Waals surface area (Å²) in [6.07, 6.45) is -2.91. The zero-order valence-corrected chi connectivity index (χ0v) is 18.2. The summed E-state index contributed by atoms with van der Waals surface area (Å²) < 4.78 is 50.9. The van der Waals surface area contributed by atoms with E-state index >= 15 is 0 Å². The summed E-state index contributed by atoms with van der Waals surface area (Å²) in [6.45, 7) is 0.279. The monoisotopic (exact) mass is 484 g/mol. The summed E-state index contributed by atoms with van der Waals surface area (Å²) in [5, 5.41) is 5.70. The van der Waals surface area contributed by atoms with Gasteiger partial charge in [-0.05, 0) is 42.1 Å². The van der Waals surface area contributed by atoms with Crippen molar-refractivity contribution < 1.29 is 22.4 Å². The lowest BCUT2D eigenvalue weighted by Crippen LogP contribution is -2.42. The van der Waals surface area contributed by atoms with Crippen LogP contribution in [0.15, 0.2) is 53.5 Å². The van der Waals surface area contributed by atoms with E-state index in [2.05, 4.69) is 15.6 Å². The van der Waals surface area contributed by atoms with E-state index in [0.29, 0.717) is 16.3 Å². The van der Waals surface area contributed by atoms with Gasteiger partial charge in [0.05, 0.1) is 17.6 Å². The Morgan fingerprint density at radius 3 is 2.55 bits per heavy atom. The molecule has 0 fully saturated rings. The first kappa shape index (κ1) is 24.5. The number of urea groups is 1. The van der Waals surface area contributed by atoms with E-state index in [1.165, 1.54) is 23.2 Å². The van der Waals surface area contributed by atoms with Crippen LogP contribution < -0.4 is 16.2 Å². The van der Waals surface area contributed by atoms with Crippen LogP contribution >= 0.6 is 11.6 Å². The van der Waals surface area contributed by atoms with Crippen molar-refractivity contribution in [1.82, 2.24) is 15.2 Å². The predicted octanol–water partition coefficient (Wildman–Crippen LogP) is 5.07. The second kappa shape index (κ2) is 10.2. The lowest BCUT2D eigenvalue weighted by molar-refractivity contribution is -0.124. The standard InChI is InChI=1S/C22H21ClF4N4O2/c1-13(17-11-29-20(32)16-5-3-2-4-15(16)17)31(9-8-28-12-22(25,26)27)21(33)30-14-6-7-19(24)18(23)10-14/h2-7,10-11,13,28H,8-9,12H2,1H3,(H,29,32)(H,30,33)/t13-/m1/s1. The Kier molecular flexibility index (Phi) is 7.60. The van der Waals surface area contributed by atoms with E-state index in [4.69, 9.17) is 11.6 Å². The Morgan fingerprint density at radius 1 is 1.18 bits per heavy atom. The first-order chi connectivity index (χ1) is 15.6. The van der Waals surface area contributed by atoms with Gasteiger partial charge in [-0.2, -0.15) is 13.2 Å². The summed E-state index contributed by atoms with van der Waals surface area (Å²) >= 11 is 5.77. The van der Waals surface area contributed by atoms with E-state index in [0.717, 1.165) is 6.07 Å². The minimum Gasteiger partial charge on any atom is -0.328 e. The van der Waals surface area contributed by atoms with Crippen molar-refractivity contribution in [3.05, 3.63) is 75.4 Å². The van der Waals surface area contributed by atoms with Crippen LogP contribution in [0.5, 0.6) is 0 Å². The van der Waals surface area contributed by atoms with Gasteiger partial charge in [0.2, 0.25) is 0 Å². The summed E-state index contributed by atoms with van der Waals surface area (Å²) in [7, 11) is 0. The summed E-state index contributed by atoms with van der Waals surface area (Å²) in [4.78, 5) is 29.2. The van der Waals surface area contributed by atoms with Gasteiger partial charge >= 0.3 is 12.2 Å². The number of aromatic amines is 1. The minimum absolute atomic E-state index is 0.0779. The highest BCUT2D eigenvalue weighted by Crippen LogP contribution is 2.27. The fourth-order valence-corrected chi connectivity index (χ4v) is 3.60. The molecule has 2 aromatic carbocycles. The molecule has 0 aliphatic rings. The predicted molar refractivity (Wildman–Crippen MR) is 119 cm³/mol. The first-order valence-corrected chi connectivity index (χ1v) is 10.3. The Bertz CT molecular complexity index is 1200. The van der Waals surface area contributed by atoms with Gasteiger partial charge in [-0.3, -0.25) is 4.79 Å². The number of amides is 2. The minimum atomic E-state index is -4.39. The third kappa shape index (κ3) is 6.23. The fourth-order valence-electron chi connectivity index (χ4n) is 3.42. The molecule has 3 rings (SSSR count). The molecule has 0 saturated heterocycles. The lowest BCUT2D eigenvalue weighted by Gasteiger charge is -2.30. The molecule has 0 spiro atoms. The highest BCUT2D eigenvalue weighted by molar-refractivity contribution is 6.31. The zero-order valence-electron chi connectivity index (χ0n) is 17.5. The lowest BCUT2D eigenvalue weighted by atomic mass is 10.0. The third-order valence-corrected chi connectivity index (χ3v) is 5.34. The largest absolute Gasteiger partial charge is 0.401 e. The van der Waals surface area contributed by atoms with Crippen molar-refractivity contribution in [3.8, 4) is 0 Å². The molecule has 1 heterocycles. The summed E-state index contributed by atoms with van der Waals surface area (Å²) in [5.41, 5.74) is 0.525. The molecule has 3 N–H and O–H groups in total. The number of H-pyrrole nitrogens is 1. The second-order valence-corrected chi connectivity index (χ2v) is 7.75. The van der Waals surface area contributed by atoms with E-state index in [1.807, 2.05) is 0 Å². The second-order valence-electron chi connectivity index (χ2n) is 7.34. The maximum atomic E-state index is 13.4. The highest BCUT2D eigenvalue weighted by atomic mass is 35.5. The number of hydrogen-bond acceptors (Lipinski definition) is 3. The number of carbonyl (C=O) groups is 1. The maximum absolute atomic E-state index is 13.4. The molecule has 2 amide bonds. The van der Waals surface area contributed by atoms with Gasteiger partial charge in [0.1, 0.15) is 5.82 Å². The summed E-state index contributed by atoms with van der Waals surface area (Å²) in [5.74, 6) is -0.657. The van der Waals surface area contributed by atoms with Crippen LogP contribution in [0.2, 0.25) is 5.02 Å². The quantitative estimate of drug-likeness (QED) is 0.324. The van der Waals surface area contributed by atoms with Crippen molar-refractivity contribution in [3.63, 3.8) is 0 Å². The van der Waals surface area contributed by atoms with Crippen molar-refractivity contribution in [1.29, 1.82) is 0 Å². The molecule has 0 unspecified atom stereocenters. The average molecular weight is 485 g/mol. The molecule has 0 radical (unpaired) electrons. The molecule has 11 heteroatoms. The molecular weight excluding hydrogens is 464 g/mol. The number of alkyl halides is 3. The van der Waals surface area contributed by atoms with Gasteiger partial charge in [0, 0.05) is 30.4 Å². The van der Waals surface area contributed by atoms with Gasteiger partial charge in [-0.25, -0.2) is 9.18 Å². The molecule has 1 aromatic heterocycles. The van der Waals surface area contributed by atoms with E-state index in [1.54, 1.807) is 31.2 Å². The number of nitrogens with zero attached hydrogens (tertiary/aromatic N) is 1. The number of aromatic nitrogens is 1. The number of benzene rings is 2. The van der Waals surface area contributed by atoms with Crippen molar-refractivity contribution in [2.75, 3.05) is 25.0 Å². The number of pyridine rings is 1. The molecule has 176 valence electrons.